The highest BCUT2D eigenvalue weighted by Gasteiger charge is 2.28. The van der Waals surface area contributed by atoms with Crippen molar-refractivity contribution in [3.05, 3.63) is 65.7 Å². The smallest absolute Gasteiger partial charge is 0.243 e. The Morgan fingerprint density at radius 1 is 0.958 bits per heavy atom. The number of hydrogen-bond acceptors (Lipinski definition) is 4. The van der Waals surface area contributed by atoms with Gasteiger partial charge < -0.3 is 0 Å². The summed E-state index contributed by atoms with van der Waals surface area (Å²) in [6, 6.07) is 18.4. The molecule has 6 heteroatoms. The average Bonchev–Trinajstić information content (AvgIpc) is 2.63. The Morgan fingerprint density at radius 3 is 2.33 bits per heavy atom. The molecule has 1 heterocycles. The second kappa shape index (κ2) is 7.14. The largest absolute Gasteiger partial charge is 0.296 e. The topological polar surface area (TPSA) is 64.4 Å². The van der Waals surface area contributed by atoms with E-state index < -0.39 is 10.0 Å². The first-order chi connectivity index (χ1) is 11.6. The number of nitrogens with zero attached hydrogens (tertiary/aromatic N) is 3. The van der Waals surface area contributed by atoms with Crippen molar-refractivity contribution in [3.63, 3.8) is 0 Å². The van der Waals surface area contributed by atoms with Gasteiger partial charge >= 0.3 is 0 Å². The fraction of sp³-hybridized carbons (Fsp3) is 0.278. The van der Waals surface area contributed by atoms with Gasteiger partial charge in [-0.2, -0.15) is 9.57 Å². The van der Waals surface area contributed by atoms with Crippen LogP contribution in [0.4, 0.5) is 0 Å². The first-order valence-corrected chi connectivity index (χ1v) is 9.30. The van der Waals surface area contributed by atoms with Gasteiger partial charge in [0.05, 0.1) is 16.5 Å². The molecular formula is C18H19N3O2S. The third-order valence-corrected chi connectivity index (χ3v) is 6.08. The molecule has 5 nitrogen and oxygen atoms in total. The molecule has 2 aromatic rings. The molecule has 0 atom stereocenters. The molecule has 2 aromatic carbocycles. The molecule has 0 amide bonds. The standard InChI is InChI=1S/C18H19N3O2S/c19-14-17-7-4-8-18(13-17)24(22,23)21-11-9-20(10-12-21)15-16-5-2-1-3-6-16/h1-8,13H,9-12,15H2. The van der Waals surface area contributed by atoms with Crippen molar-refractivity contribution < 1.29 is 8.42 Å². The number of benzene rings is 2. The van der Waals surface area contributed by atoms with E-state index in [1.165, 1.54) is 15.9 Å². The van der Waals surface area contributed by atoms with Crippen LogP contribution in [-0.4, -0.2) is 43.8 Å². The predicted molar refractivity (Wildman–Crippen MR) is 91.6 cm³/mol. The third kappa shape index (κ3) is 3.65. The molecule has 0 radical (unpaired) electrons. The Kier molecular flexibility index (Phi) is 4.95. The van der Waals surface area contributed by atoms with Crippen LogP contribution in [0.3, 0.4) is 0 Å². The van der Waals surface area contributed by atoms with E-state index >= 15 is 0 Å². The summed E-state index contributed by atoms with van der Waals surface area (Å²) in [7, 11) is -3.54. The lowest BCUT2D eigenvalue weighted by Crippen LogP contribution is -2.48. The SMILES string of the molecule is N#Cc1cccc(S(=O)(=O)N2CCN(Cc3ccccc3)CC2)c1. The minimum atomic E-state index is -3.54. The van der Waals surface area contributed by atoms with Crippen LogP contribution in [0.15, 0.2) is 59.5 Å². The number of sulfonamides is 1. The van der Waals surface area contributed by atoms with Gasteiger partial charge in [-0.1, -0.05) is 36.4 Å². The summed E-state index contributed by atoms with van der Waals surface area (Å²) in [6.07, 6.45) is 0. The fourth-order valence-corrected chi connectivity index (χ4v) is 4.31. The van der Waals surface area contributed by atoms with Gasteiger partial charge in [-0.15, -0.1) is 0 Å². The second-order valence-electron chi connectivity index (χ2n) is 5.81. The molecule has 0 bridgehead atoms. The van der Waals surface area contributed by atoms with Crippen molar-refractivity contribution in [2.24, 2.45) is 0 Å². The van der Waals surface area contributed by atoms with E-state index in [-0.39, 0.29) is 4.90 Å². The van der Waals surface area contributed by atoms with Gasteiger partial charge in [-0.05, 0) is 23.8 Å². The highest BCUT2D eigenvalue weighted by atomic mass is 32.2. The quantitative estimate of drug-likeness (QED) is 0.854. The molecule has 3 rings (SSSR count). The van der Waals surface area contributed by atoms with Crippen LogP contribution in [0, 0.1) is 11.3 Å². The molecule has 0 saturated carbocycles. The second-order valence-corrected chi connectivity index (χ2v) is 7.74. The Morgan fingerprint density at radius 2 is 1.67 bits per heavy atom. The van der Waals surface area contributed by atoms with Crippen LogP contribution in [0.2, 0.25) is 0 Å². The maximum atomic E-state index is 12.7. The van der Waals surface area contributed by atoms with Crippen molar-refractivity contribution in [3.8, 4) is 6.07 Å². The number of piperazine rings is 1. The van der Waals surface area contributed by atoms with Crippen molar-refractivity contribution >= 4 is 10.0 Å². The molecule has 1 saturated heterocycles. The zero-order valence-corrected chi connectivity index (χ0v) is 14.1. The average molecular weight is 341 g/mol. The van der Waals surface area contributed by atoms with Gasteiger partial charge in [0.15, 0.2) is 0 Å². The van der Waals surface area contributed by atoms with E-state index in [1.807, 2.05) is 24.3 Å². The molecule has 0 spiro atoms. The molecule has 1 fully saturated rings. The van der Waals surface area contributed by atoms with Crippen LogP contribution < -0.4 is 0 Å². The molecule has 1 aliphatic heterocycles. The van der Waals surface area contributed by atoms with Crippen LogP contribution >= 0.6 is 0 Å². The van der Waals surface area contributed by atoms with E-state index in [0.717, 1.165) is 6.54 Å². The van der Waals surface area contributed by atoms with Gasteiger partial charge in [0, 0.05) is 32.7 Å². The summed E-state index contributed by atoms with van der Waals surface area (Å²) < 4.78 is 26.9. The minimum Gasteiger partial charge on any atom is -0.296 e. The first kappa shape index (κ1) is 16.7. The summed E-state index contributed by atoms with van der Waals surface area (Å²) in [5.41, 5.74) is 1.59. The lowest BCUT2D eigenvalue weighted by Gasteiger charge is -2.34. The normalized spacial score (nSPS) is 16.6. The Balaban J connectivity index is 1.66. The van der Waals surface area contributed by atoms with Crippen molar-refractivity contribution in [1.29, 1.82) is 5.26 Å². The van der Waals surface area contributed by atoms with Gasteiger partial charge in [0.1, 0.15) is 0 Å². The number of hydrogen-bond donors (Lipinski definition) is 0. The summed E-state index contributed by atoms with van der Waals surface area (Å²) in [4.78, 5) is 2.45. The summed E-state index contributed by atoms with van der Waals surface area (Å²) in [5, 5.41) is 8.95. The highest BCUT2D eigenvalue weighted by Crippen LogP contribution is 2.19. The van der Waals surface area contributed by atoms with E-state index in [4.69, 9.17) is 5.26 Å². The van der Waals surface area contributed by atoms with Gasteiger partial charge in [-0.3, -0.25) is 4.90 Å². The summed E-state index contributed by atoms with van der Waals surface area (Å²) in [5.74, 6) is 0. The van der Waals surface area contributed by atoms with Crippen LogP contribution in [0.1, 0.15) is 11.1 Å². The molecule has 1 aliphatic rings. The van der Waals surface area contributed by atoms with Gasteiger partial charge in [0.2, 0.25) is 10.0 Å². The lowest BCUT2D eigenvalue weighted by atomic mass is 10.2. The summed E-state index contributed by atoms with van der Waals surface area (Å²) in [6.45, 7) is 3.16. The van der Waals surface area contributed by atoms with E-state index in [9.17, 15) is 8.42 Å². The molecule has 24 heavy (non-hydrogen) atoms. The van der Waals surface area contributed by atoms with Crippen LogP contribution in [0.5, 0.6) is 0 Å². The highest BCUT2D eigenvalue weighted by molar-refractivity contribution is 7.89. The molecule has 124 valence electrons. The maximum absolute atomic E-state index is 12.7. The van der Waals surface area contributed by atoms with Crippen LogP contribution in [-0.2, 0) is 16.6 Å². The lowest BCUT2D eigenvalue weighted by molar-refractivity contribution is 0.181. The molecule has 0 unspecified atom stereocenters. The zero-order valence-electron chi connectivity index (χ0n) is 13.3. The minimum absolute atomic E-state index is 0.193. The Labute approximate surface area is 142 Å². The fourth-order valence-electron chi connectivity index (χ4n) is 2.84. The monoisotopic (exact) mass is 341 g/mol. The molecule has 0 aliphatic carbocycles. The Hall–Kier alpha value is -2.20. The van der Waals surface area contributed by atoms with Crippen molar-refractivity contribution in [1.82, 2.24) is 9.21 Å². The third-order valence-electron chi connectivity index (χ3n) is 4.18. The van der Waals surface area contributed by atoms with Crippen molar-refractivity contribution in [2.75, 3.05) is 26.2 Å². The number of nitriles is 1. The zero-order chi connectivity index (χ0) is 17.0. The molecule has 0 aromatic heterocycles. The van der Waals surface area contributed by atoms with Gasteiger partial charge in [0.25, 0.3) is 0 Å². The van der Waals surface area contributed by atoms with Crippen LogP contribution in [0.25, 0.3) is 0 Å². The van der Waals surface area contributed by atoms with E-state index in [1.54, 1.807) is 18.2 Å². The van der Waals surface area contributed by atoms with E-state index in [0.29, 0.717) is 31.7 Å². The predicted octanol–water partition coefficient (Wildman–Crippen LogP) is 2.06. The molecule has 0 N–H and O–H groups in total. The molecular weight excluding hydrogens is 322 g/mol. The van der Waals surface area contributed by atoms with E-state index in [2.05, 4.69) is 17.0 Å². The number of rotatable bonds is 4. The van der Waals surface area contributed by atoms with Gasteiger partial charge in [-0.25, -0.2) is 8.42 Å². The Bertz CT molecular complexity index is 836. The van der Waals surface area contributed by atoms with Crippen molar-refractivity contribution in [2.45, 2.75) is 11.4 Å². The summed E-state index contributed by atoms with van der Waals surface area (Å²) >= 11 is 0. The maximum Gasteiger partial charge on any atom is 0.243 e. The first-order valence-electron chi connectivity index (χ1n) is 7.86.